The van der Waals surface area contributed by atoms with Crippen LogP contribution >= 0.6 is 0 Å². The van der Waals surface area contributed by atoms with Gasteiger partial charge in [-0.2, -0.15) is 0 Å². The molecule has 0 spiro atoms. The topological polar surface area (TPSA) is 75.6 Å². The minimum atomic E-state index is -1.000. The molecule has 0 aromatic heterocycles. The van der Waals surface area contributed by atoms with Crippen LogP contribution in [0.4, 0.5) is 0 Å². The Morgan fingerprint density at radius 2 is 1.76 bits per heavy atom. The van der Waals surface area contributed by atoms with Gasteiger partial charge in [0, 0.05) is 0 Å². The number of hydrogen-bond acceptors (Lipinski definition) is 3. The quantitative estimate of drug-likeness (QED) is 0.806. The molecule has 0 fully saturated rings. The van der Waals surface area contributed by atoms with Crippen LogP contribution in [0.2, 0.25) is 0 Å². The van der Waals surface area contributed by atoms with E-state index in [-0.39, 0.29) is 11.8 Å². The van der Waals surface area contributed by atoms with E-state index in [0.29, 0.717) is 6.42 Å². The maximum atomic E-state index is 12.5. The van der Waals surface area contributed by atoms with Crippen molar-refractivity contribution in [3.63, 3.8) is 0 Å². The highest BCUT2D eigenvalue weighted by Gasteiger charge is 2.27. The molecule has 134 valence electrons. The molecule has 0 radical (unpaired) electrons. The van der Waals surface area contributed by atoms with E-state index in [1.165, 1.54) is 0 Å². The first-order chi connectivity index (χ1) is 11.9. The minimum absolute atomic E-state index is 0.127. The smallest absolute Gasteiger partial charge is 0.326 e. The molecule has 1 unspecified atom stereocenters. The average molecular weight is 343 g/mol. The molecule has 25 heavy (non-hydrogen) atoms. The van der Waals surface area contributed by atoms with Gasteiger partial charge in [-0.1, -0.05) is 44.5 Å². The largest absolute Gasteiger partial charge is 0.497 e. The molecule has 0 aliphatic carbocycles. The lowest BCUT2D eigenvalue weighted by atomic mass is 9.95. The van der Waals surface area contributed by atoms with Crippen LogP contribution in [0.5, 0.6) is 5.75 Å². The third-order valence-electron chi connectivity index (χ3n) is 4.74. The molecule has 5 nitrogen and oxygen atoms in total. The molecule has 2 N–H and O–H groups in total. The molecule has 3 atom stereocenters. The summed E-state index contributed by atoms with van der Waals surface area (Å²) in [5, 5.41) is 14.0. The van der Waals surface area contributed by atoms with Gasteiger partial charge in [0.25, 0.3) is 0 Å². The van der Waals surface area contributed by atoms with Crippen molar-refractivity contribution < 1.29 is 19.4 Å². The number of ether oxygens (including phenoxy) is 1. The third-order valence-corrected chi connectivity index (χ3v) is 4.74. The van der Waals surface area contributed by atoms with E-state index in [9.17, 15) is 14.7 Å². The SMILES string of the molecule is CC[C@H](C)[C@H](NC(=O)C(C)c1ccc2cc(OC)ccc2c1)C(=O)O. The summed E-state index contributed by atoms with van der Waals surface area (Å²) in [5.41, 5.74) is 0.850. The molecular weight excluding hydrogens is 318 g/mol. The summed E-state index contributed by atoms with van der Waals surface area (Å²) in [7, 11) is 1.62. The number of benzene rings is 2. The Labute approximate surface area is 148 Å². The molecule has 0 aliphatic heterocycles. The monoisotopic (exact) mass is 343 g/mol. The third kappa shape index (κ3) is 4.29. The molecular formula is C20H25NO4. The molecule has 0 bridgehead atoms. The van der Waals surface area contributed by atoms with Crippen LogP contribution in [0.1, 0.15) is 38.7 Å². The van der Waals surface area contributed by atoms with Crippen LogP contribution in [0.3, 0.4) is 0 Å². The van der Waals surface area contributed by atoms with Gasteiger partial charge in [0.05, 0.1) is 13.0 Å². The van der Waals surface area contributed by atoms with Crippen molar-refractivity contribution in [1.82, 2.24) is 5.32 Å². The van der Waals surface area contributed by atoms with Crippen LogP contribution in [-0.2, 0) is 9.59 Å². The summed E-state index contributed by atoms with van der Waals surface area (Å²) in [5.74, 6) is -1.06. The maximum Gasteiger partial charge on any atom is 0.326 e. The van der Waals surface area contributed by atoms with Crippen molar-refractivity contribution in [1.29, 1.82) is 0 Å². The van der Waals surface area contributed by atoms with E-state index < -0.39 is 17.9 Å². The van der Waals surface area contributed by atoms with Crippen LogP contribution in [0, 0.1) is 5.92 Å². The number of hydrogen-bond donors (Lipinski definition) is 2. The Hall–Kier alpha value is -2.56. The first kappa shape index (κ1) is 18.8. The van der Waals surface area contributed by atoms with Gasteiger partial charge in [-0.05, 0) is 41.3 Å². The zero-order valence-corrected chi connectivity index (χ0v) is 15.1. The van der Waals surface area contributed by atoms with Crippen molar-refractivity contribution in [3.05, 3.63) is 42.0 Å². The summed E-state index contributed by atoms with van der Waals surface area (Å²) in [6, 6.07) is 10.7. The second kappa shape index (κ2) is 8.01. The zero-order chi connectivity index (χ0) is 18.6. The number of methoxy groups -OCH3 is 1. The van der Waals surface area contributed by atoms with Gasteiger partial charge in [0.1, 0.15) is 11.8 Å². The molecule has 2 aromatic rings. The fourth-order valence-electron chi connectivity index (χ4n) is 2.75. The van der Waals surface area contributed by atoms with E-state index in [1.54, 1.807) is 14.0 Å². The molecule has 0 saturated heterocycles. The van der Waals surface area contributed by atoms with E-state index in [1.807, 2.05) is 50.2 Å². The van der Waals surface area contributed by atoms with Crippen LogP contribution in [0.25, 0.3) is 10.8 Å². The predicted octanol–water partition coefficient (Wildman–Crippen LogP) is 3.57. The predicted molar refractivity (Wildman–Crippen MR) is 97.9 cm³/mol. The zero-order valence-electron chi connectivity index (χ0n) is 15.1. The van der Waals surface area contributed by atoms with Crippen molar-refractivity contribution in [3.8, 4) is 5.75 Å². The number of carboxylic acids is 1. The van der Waals surface area contributed by atoms with Gasteiger partial charge >= 0.3 is 5.97 Å². The first-order valence-electron chi connectivity index (χ1n) is 8.48. The Morgan fingerprint density at radius 1 is 1.12 bits per heavy atom. The number of nitrogens with one attached hydrogen (secondary N) is 1. The summed E-state index contributed by atoms with van der Waals surface area (Å²) in [6.45, 7) is 5.52. The number of amides is 1. The van der Waals surface area contributed by atoms with Gasteiger partial charge in [-0.3, -0.25) is 4.79 Å². The summed E-state index contributed by atoms with van der Waals surface area (Å²) >= 11 is 0. The van der Waals surface area contributed by atoms with Crippen LogP contribution in [-0.4, -0.2) is 30.1 Å². The lowest BCUT2D eigenvalue weighted by Gasteiger charge is -2.22. The molecule has 0 aliphatic rings. The van der Waals surface area contributed by atoms with E-state index in [4.69, 9.17) is 4.74 Å². The summed E-state index contributed by atoms with van der Waals surface area (Å²) in [4.78, 5) is 23.9. The molecule has 1 amide bonds. The van der Waals surface area contributed by atoms with Gasteiger partial charge in [0.2, 0.25) is 5.91 Å². The molecule has 0 saturated carbocycles. The maximum absolute atomic E-state index is 12.5. The van der Waals surface area contributed by atoms with Crippen LogP contribution in [0.15, 0.2) is 36.4 Å². The minimum Gasteiger partial charge on any atom is -0.497 e. The average Bonchev–Trinajstić information content (AvgIpc) is 2.63. The van der Waals surface area contributed by atoms with E-state index in [0.717, 1.165) is 22.1 Å². The summed E-state index contributed by atoms with van der Waals surface area (Å²) in [6.07, 6.45) is 0.684. The highest BCUT2D eigenvalue weighted by molar-refractivity contribution is 5.90. The highest BCUT2D eigenvalue weighted by Crippen LogP contribution is 2.25. The van der Waals surface area contributed by atoms with Gasteiger partial charge < -0.3 is 15.2 Å². The Balaban J connectivity index is 2.21. The number of carbonyl (C=O) groups is 2. The van der Waals surface area contributed by atoms with Gasteiger partial charge in [-0.25, -0.2) is 4.79 Å². The number of rotatable bonds is 7. The molecule has 2 aromatic carbocycles. The standard InChI is InChI=1S/C20H25NO4/c1-5-12(2)18(20(23)24)21-19(22)13(3)14-6-7-16-11-17(25-4)9-8-15(16)10-14/h6-13,18H,5H2,1-4H3,(H,21,22)(H,23,24)/t12-,13?,18-/m0/s1. The lowest BCUT2D eigenvalue weighted by Crippen LogP contribution is -2.46. The van der Waals surface area contributed by atoms with Gasteiger partial charge in [-0.15, -0.1) is 0 Å². The second-order valence-corrected chi connectivity index (χ2v) is 6.40. The normalized spacial score (nSPS) is 14.6. The molecule has 5 heteroatoms. The Kier molecular flexibility index (Phi) is 6.02. The number of carbonyl (C=O) groups excluding carboxylic acids is 1. The van der Waals surface area contributed by atoms with E-state index in [2.05, 4.69) is 5.32 Å². The Bertz CT molecular complexity index is 771. The lowest BCUT2D eigenvalue weighted by molar-refractivity contribution is -0.143. The van der Waals surface area contributed by atoms with Crippen molar-refractivity contribution >= 4 is 22.6 Å². The van der Waals surface area contributed by atoms with Crippen LogP contribution < -0.4 is 10.1 Å². The first-order valence-corrected chi connectivity index (χ1v) is 8.48. The number of aliphatic carboxylic acids is 1. The Morgan fingerprint density at radius 3 is 2.36 bits per heavy atom. The molecule has 0 heterocycles. The second-order valence-electron chi connectivity index (χ2n) is 6.40. The van der Waals surface area contributed by atoms with Gasteiger partial charge in [0.15, 0.2) is 0 Å². The van der Waals surface area contributed by atoms with Crippen molar-refractivity contribution in [2.75, 3.05) is 7.11 Å². The van der Waals surface area contributed by atoms with Crippen molar-refractivity contribution in [2.24, 2.45) is 5.92 Å². The number of carboxylic acid groups (broad SMARTS) is 1. The summed E-state index contributed by atoms with van der Waals surface area (Å²) < 4.78 is 5.22. The van der Waals surface area contributed by atoms with Crippen molar-refractivity contribution in [2.45, 2.75) is 39.2 Å². The number of fused-ring (bicyclic) bond motifs is 1. The fourth-order valence-corrected chi connectivity index (χ4v) is 2.75. The fraction of sp³-hybridized carbons (Fsp3) is 0.400. The molecule has 2 rings (SSSR count). The highest BCUT2D eigenvalue weighted by atomic mass is 16.5. The van der Waals surface area contributed by atoms with E-state index >= 15 is 0 Å².